The Morgan fingerprint density at radius 2 is 2.12 bits per heavy atom. The van der Waals surface area contributed by atoms with Gasteiger partial charge in [0.2, 0.25) is 5.91 Å². The normalized spacial score (nSPS) is 26.6. The Morgan fingerprint density at radius 3 is 2.65 bits per heavy atom. The SMILES string of the molecule is CCCC1CCCN(C(=O)C2(C(=O)O)CC2)C1. The summed E-state index contributed by atoms with van der Waals surface area (Å²) in [6, 6.07) is 0. The van der Waals surface area contributed by atoms with Gasteiger partial charge in [0.15, 0.2) is 0 Å². The number of carboxylic acids is 1. The highest BCUT2D eigenvalue weighted by atomic mass is 16.4. The van der Waals surface area contributed by atoms with E-state index < -0.39 is 11.4 Å². The number of amides is 1. The van der Waals surface area contributed by atoms with E-state index in [1.165, 1.54) is 6.42 Å². The number of likely N-dealkylation sites (tertiary alicyclic amines) is 1. The van der Waals surface area contributed by atoms with Crippen molar-refractivity contribution in [1.29, 1.82) is 0 Å². The summed E-state index contributed by atoms with van der Waals surface area (Å²) in [5, 5.41) is 9.13. The van der Waals surface area contributed by atoms with Crippen LogP contribution in [0.25, 0.3) is 0 Å². The molecule has 1 aliphatic carbocycles. The predicted octanol–water partition coefficient (Wildman–Crippen LogP) is 1.89. The monoisotopic (exact) mass is 239 g/mol. The molecule has 1 N–H and O–H groups in total. The van der Waals surface area contributed by atoms with Crippen LogP contribution in [-0.2, 0) is 9.59 Å². The second-order valence-electron chi connectivity index (χ2n) is 5.44. The van der Waals surface area contributed by atoms with Gasteiger partial charge in [-0.2, -0.15) is 0 Å². The average molecular weight is 239 g/mol. The molecule has 2 fully saturated rings. The number of carbonyl (C=O) groups is 2. The maximum atomic E-state index is 12.2. The smallest absolute Gasteiger partial charge is 0.319 e. The van der Waals surface area contributed by atoms with Crippen molar-refractivity contribution in [3.05, 3.63) is 0 Å². The third-order valence-corrected chi connectivity index (χ3v) is 4.07. The first-order valence-corrected chi connectivity index (χ1v) is 6.63. The fraction of sp³-hybridized carbons (Fsp3) is 0.846. The Morgan fingerprint density at radius 1 is 1.41 bits per heavy atom. The van der Waals surface area contributed by atoms with E-state index in [-0.39, 0.29) is 5.91 Å². The lowest BCUT2D eigenvalue weighted by molar-refractivity contribution is -0.154. The van der Waals surface area contributed by atoms with Crippen LogP contribution in [0.4, 0.5) is 0 Å². The zero-order valence-electron chi connectivity index (χ0n) is 10.4. The zero-order chi connectivity index (χ0) is 12.5. The van der Waals surface area contributed by atoms with Crippen LogP contribution in [-0.4, -0.2) is 35.0 Å². The first kappa shape index (κ1) is 12.4. The minimum absolute atomic E-state index is 0.134. The van der Waals surface area contributed by atoms with Crippen molar-refractivity contribution >= 4 is 11.9 Å². The van der Waals surface area contributed by atoms with E-state index in [1.807, 2.05) is 0 Å². The van der Waals surface area contributed by atoms with Crippen LogP contribution in [0.15, 0.2) is 0 Å². The lowest BCUT2D eigenvalue weighted by Crippen LogP contribution is -2.46. The fourth-order valence-electron chi connectivity index (χ4n) is 2.84. The summed E-state index contributed by atoms with van der Waals surface area (Å²) in [5.41, 5.74) is -1.05. The summed E-state index contributed by atoms with van der Waals surface area (Å²) in [6.07, 6.45) is 5.52. The predicted molar refractivity (Wildman–Crippen MR) is 63.5 cm³/mol. The van der Waals surface area contributed by atoms with Crippen LogP contribution in [0.2, 0.25) is 0 Å². The topological polar surface area (TPSA) is 57.6 Å². The number of hydrogen-bond donors (Lipinski definition) is 1. The van der Waals surface area contributed by atoms with Gasteiger partial charge in [-0.1, -0.05) is 13.3 Å². The molecule has 2 aliphatic rings. The van der Waals surface area contributed by atoms with Gasteiger partial charge >= 0.3 is 5.97 Å². The largest absolute Gasteiger partial charge is 0.480 e. The number of carbonyl (C=O) groups excluding carboxylic acids is 1. The van der Waals surface area contributed by atoms with E-state index in [0.29, 0.717) is 18.8 Å². The van der Waals surface area contributed by atoms with Gasteiger partial charge in [-0.05, 0) is 38.0 Å². The number of rotatable bonds is 4. The first-order chi connectivity index (χ1) is 8.10. The Labute approximate surface area is 102 Å². The summed E-state index contributed by atoms with van der Waals surface area (Å²) in [7, 11) is 0. The van der Waals surface area contributed by atoms with Crippen molar-refractivity contribution in [2.75, 3.05) is 13.1 Å². The molecule has 0 radical (unpaired) electrons. The molecule has 1 unspecified atom stereocenters. The van der Waals surface area contributed by atoms with Crippen molar-refractivity contribution in [1.82, 2.24) is 4.90 Å². The maximum absolute atomic E-state index is 12.2. The molecule has 0 aromatic rings. The van der Waals surface area contributed by atoms with Crippen LogP contribution in [0, 0.1) is 11.3 Å². The Bertz CT molecular complexity index is 321. The minimum Gasteiger partial charge on any atom is -0.480 e. The van der Waals surface area contributed by atoms with Gasteiger partial charge in [-0.15, -0.1) is 0 Å². The van der Waals surface area contributed by atoms with Gasteiger partial charge in [-0.3, -0.25) is 9.59 Å². The third-order valence-electron chi connectivity index (χ3n) is 4.07. The van der Waals surface area contributed by atoms with Gasteiger partial charge in [0.1, 0.15) is 5.41 Å². The standard InChI is InChI=1S/C13H21NO3/c1-2-4-10-5-3-8-14(9-10)11(15)13(6-7-13)12(16)17/h10H,2-9H2,1H3,(H,16,17). The van der Waals surface area contributed by atoms with Gasteiger partial charge in [0.05, 0.1) is 0 Å². The van der Waals surface area contributed by atoms with Gasteiger partial charge in [-0.25, -0.2) is 0 Å². The summed E-state index contributed by atoms with van der Waals surface area (Å²) >= 11 is 0. The average Bonchev–Trinajstić information content (AvgIpc) is 3.10. The maximum Gasteiger partial charge on any atom is 0.319 e. The summed E-state index contributed by atoms with van der Waals surface area (Å²) in [5.74, 6) is -0.492. The minimum atomic E-state index is -1.05. The molecule has 17 heavy (non-hydrogen) atoms. The molecule has 1 aliphatic heterocycles. The zero-order valence-corrected chi connectivity index (χ0v) is 10.4. The summed E-state index contributed by atoms with van der Waals surface area (Å²) < 4.78 is 0. The molecular weight excluding hydrogens is 218 g/mol. The number of aliphatic carboxylic acids is 1. The molecular formula is C13H21NO3. The van der Waals surface area contributed by atoms with Crippen LogP contribution in [0.5, 0.6) is 0 Å². The van der Waals surface area contributed by atoms with Crippen LogP contribution < -0.4 is 0 Å². The highest BCUT2D eigenvalue weighted by molar-refractivity contribution is 6.04. The van der Waals surface area contributed by atoms with E-state index in [9.17, 15) is 9.59 Å². The first-order valence-electron chi connectivity index (χ1n) is 6.63. The third kappa shape index (κ3) is 2.31. The summed E-state index contributed by atoms with van der Waals surface area (Å²) in [4.78, 5) is 25.1. The molecule has 1 heterocycles. The number of piperidine rings is 1. The molecule has 0 aromatic carbocycles. The second-order valence-corrected chi connectivity index (χ2v) is 5.44. The van der Waals surface area contributed by atoms with Crippen molar-refractivity contribution in [2.24, 2.45) is 11.3 Å². The highest BCUT2D eigenvalue weighted by Gasteiger charge is 2.58. The van der Waals surface area contributed by atoms with E-state index >= 15 is 0 Å². The van der Waals surface area contributed by atoms with E-state index in [0.717, 1.165) is 32.4 Å². The van der Waals surface area contributed by atoms with Crippen LogP contribution >= 0.6 is 0 Å². The van der Waals surface area contributed by atoms with Gasteiger partial charge in [0.25, 0.3) is 0 Å². The molecule has 1 atom stereocenters. The molecule has 4 nitrogen and oxygen atoms in total. The number of carboxylic acid groups (broad SMARTS) is 1. The molecule has 0 aromatic heterocycles. The highest BCUT2D eigenvalue weighted by Crippen LogP contribution is 2.48. The molecule has 0 bridgehead atoms. The van der Waals surface area contributed by atoms with Crippen LogP contribution in [0.1, 0.15) is 45.4 Å². The fourth-order valence-corrected chi connectivity index (χ4v) is 2.84. The van der Waals surface area contributed by atoms with Gasteiger partial charge < -0.3 is 10.0 Å². The lowest BCUT2D eigenvalue weighted by atomic mass is 9.92. The lowest BCUT2D eigenvalue weighted by Gasteiger charge is -2.34. The Hall–Kier alpha value is -1.06. The molecule has 1 saturated heterocycles. The molecule has 4 heteroatoms. The Kier molecular flexibility index (Phi) is 3.40. The molecule has 0 spiro atoms. The molecule has 1 amide bonds. The Balaban J connectivity index is 1.98. The quantitative estimate of drug-likeness (QED) is 0.762. The molecule has 2 rings (SSSR count). The van der Waals surface area contributed by atoms with Crippen LogP contribution in [0.3, 0.4) is 0 Å². The molecule has 96 valence electrons. The molecule has 1 saturated carbocycles. The van der Waals surface area contributed by atoms with E-state index in [1.54, 1.807) is 4.90 Å². The summed E-state index contributed by atoms with van der Waals surface area (Å²) in [6.45, 7) is 3.66. The van der Waals surface area contributed by atoms with Crippen molar-refractivity contribution in [2.45, 2.75) is 45.4 Å². The van der Waals surface area contributed by atoms with E-state index in [4.69, 9.17) is 5.11 Å². The van der Waals surface area contributed by atoms with Crippen molar-refractivity contribution < 1.29 is 14.7 Å². The van der Waals surface area contributed by atoms with Crippen molar-refractivity contribution in [3.8, 4) is 0 Å². The second kappa shape index (κ2) is 4.67. The number of hydrogen-bond acceptors (Lipinski definition) is 2. The van der Waals surface area contributed by atoms with E-state index in [2.05, 4.69) is 6.92 Å². The van der Waals surface area contributed by atoms with Crippen molar-refractivity contribution in [3.63, 3.8) is 0 Å². The number of nitrogens with zero attached hydrogens (tertiary/aromatic N) is 1. The van der Waals surface area contributed by atoms with Gasteiger partial charge in [0, 0.05) is 13.1 Å².